The van der Waals surface area contributed by atoms with Crippen molar-refractivity contribution in [2.45, 2.75) is 32.5 Å². The highest BCUT2D eigenvalue weighted by Gasteiger charge is 2.38. The number of rotatable bonds is 6. The van der Waals surface area contributed by atoms with Crippen molar-refractivity contribution in [3.63, 3.8) is 0 Å². The van der Waals surface area contributed by atoms with E-state index in [1.165, 1.54) is 16.2 Å². The van der Waals surface area contributed by atoms with E-state index >= 15 is 0 Å². The van der Waals surface area contributed by atoms with Crippen LogP contribution >= 0.6 is 11.3 Å². The highest BCUT2D eigenvalue weighted by atomic mass is 32.1. The number of anilines is 1. The van der Waals surface area contributed by atoms with E-state index in [9.17, 15) is 22.8 Å². The number of aromatic nitrogens is 1. The molecule has 1 aromatic rings. The Bertz CT molecular complexity index is 606. The Labute approximate surface area is 145 Å². The van der Waals surface area contributed by atoms with Gasteiger partial charge in [0.1, 0.15) is 12.2 Å². The molecule has 0 aliphatic carbocycles. The number of halogens is 3. The van der Waals surface area contributed by atoms with E-state index in [4.69, 9.17) is 15.0 Å². The summed E-state index contributed by atoms with van der Waals surface area (Å²) in [5.41, 5.74) is 0.283. The largest absolute Gasteiger partial charge is 0.490 e. The van der Waals surface area contributed by atoms with Crippen molar-refractivity contribution in [3.05, 3.63) is 11.1 Å². The molecule has 0 aliphatic heterocycles. The van der Waals surface area contributed by atoms with Gasteiger partial charge in [-0.3, -0.25) is 9.59 Å². The molecular formula is C13H18F3N3O5S. The standard InChI is InChI=1S/C11H17N3O3S.C2HF3O2/c1-4-7(2)14(5-9(15)16)10(17)8-6-18-11(12-3)13-8;3-2(4,5)1(6)7/h6-7H,4-5H2,1-3H3,(H,12,13)(H,15,16);(H,6,7). The zero-order chi connectivity index (χ0) is 19.8. The molecule has 142 valence electrons. The first-order chi connectivity index (χ1) is 11.4. The van der Waals surface area contributed by atoms with E-state index in [0.717, 1.165) is 0 Å². The number of thiazole rings is 1. The monoisotopic (exact) mass is 385 g/mol. The lowest BCUT2D eigenvalue weighted by Gasteiger charge is -2.26. The molecule has 12 heteroatoms. The van der Waals surface area contributed by atoms with Gasteiger partial charge in [-0.05, 0) is 13.3 Å². The summed E-state index contributed by atoms with van der Waals surface area (Å²) in [6, 6.07) is -0.131. The molecule has 0 aromatic carbocycles. The quantitative estimate of drug-likeness (QED) is 0.686. The van der Waals surface area contributed by atoms with Crippen LogP contribution in [0.4, 0.5) is 18.3 Å². The molecule has 0 fully saturated rings. The first-order valence-corrected chi connectivity index (χ1v) is 7.78. The number of hydrogen-bond donors (Lipinski definition) is 3. The molecule has 0 spiro atoms. The maximum Gasteiger partial charge on any atom is 0.490 e. The minimum Gasteiger partial charge on any atom is -0.480 e. The first kappa shape index (κ1) is 22.6. The van der Waals surface area contributed by atoms with Crippen molar-refractivity contribution in [2.24, 2.45) is 0 Å². The Hall–Kier alpha value is -2.37. The van der Waals surface area contributed by atoms with Crippen molar-refractivity contribution in [1.29, 1.82) is 0 Å². The van der Waals surface area contributed by atoms with Crippen LogP contribution in [0.15, 0.2) is 5.38 Å². The number of carbonyl (C=O) groups is 3. The van der Waals surface area contributed by atoms with Gasteiger partial charge in [-0.15, -0.1) is 11.3 Å². The summed E-state index contributed by atoms with van der Waals surface area (Å²) in [5, 5.41) is 21.1. The fourth-order valence-electron chi connectivity index (χ4n) is 1.43. The SMILES string of the molecule is CCC(C)N(CC(=O)O)C(=O)c1csc(NC)n1.O=C(O)C(F)(F)F. The average molecular weight is 385 g/mol. The van der Waals surface area contributed by atoms with Gasteiger partial charge >= 0.3 is 18.1 Å². The number of hydrogen-bond acceptors (Lipinski definition) is 6. The summed E-state index contributed by atoms with van der Waals surface area (Å²) < 4.78 is 31.7. The number of nitrogens with zero attached hydrogens (tertiary/aromatic N) is 2. The smallest absolute Gasteiger partial charge is 0.480 e. The highest BCUT2D eigenvalue weighted by molar-refractivity contribution is 7.13. The van der Waals surface area contributed by atoms with Crippen LogP contribution in [0.2, 0.25) is 0 Å². The molecule has 1 amide bonds. The second-order valence-electron chi connectivity index (χ2n) is 4.67. The zero-order valence-corrected chi connectivity index (χ0v) is 14.4. The molecule has 1 rings (SSSR count). The van der Waals surface area contributed by atoms with Gasteiger partial charge in [0.25, 0.3) is 5.91 Å². The van der Waals surface area contributed by atoms with Gasteiger partial charge in [0.2, 0.25) is 0 Å². The predicted octanol–water partition coefficient (Wildman–Crippen LogP) is 2.14. The Kier molecular flexibility index (Phi) is 8.88. The lowest BCUT2D eigenvalue weighted by molar-refractivity contribution is -0.192. The van der Waals surface area contributed by atoms with Crippen molar-refractivity contribution >= 4 is 34.3 Å². The van der Waals surface area contributed by atoms with Gasteiger partial charge in [-0.2, -0.15) is 13.2 Å². The summed E-state index contributed by atoms with van der Waals surface area (Å²) in [4.78, 5) is 37.3. The Morgan fingerprint density at radius 3 is 2.20 bits per heavy atom. The fourth-order valence-corrected chi connectivity index (χ4v) is 2.07. The van der Waals surface area contributed by atoms with Crippen LogP contribution in [0.1, 0.15) is 30.8 Å². The van der Waals surface area contributed by atoms with Crippen molar-refractivity contribution in [3.8, 4) is 0 Å². The van der Waals surface area contributed by atoms with Crippen molar-refractivity contribution in [2.75, 3.05) is 18.9 Å². The van der Waals surface area contributed by atoms with Gasteiger partial charge in [0, 0.05) is 18.5 Å². The van der Waals surface area contributed by atoms with Gasteiger partial charge in [0.05, 0.1) is 0 Å². The van der Waals surface area contributed by atoms with Gasteiger partial charge in [-0.25, -0.2) is 9.78 Å². The van der Waals surface area contributed by atoms with Crippen molar-refractivity contribution in [1.82, 2.24) is 9.88 Å². The second kappa shape index (κ2) is 9.81. The molecule has 8 nitrogen and oxygen atoms in total. The Balaban J connectivity index is 0.000000697. The summed E-state index contributed by atoms with van der Waals surface area (Å²) in [6.45, 7) is 3.43. The van der Waals surface area contributed by atoms with E-state index < -0.39 is 18.1 Å². The average Bonchev–Trinajstić information content (AvgIpc) is 2.99. The topological polar surface area (TPSA) is 120 Å². The molecule has 0 radical (unpaired) electrons. The van der Waals surface area contributed by atoms with Crippen LogP contribution in [0.3, 0.4) is 0 Å². The maximum atomic E-state index is 12.2. The molecule has 1 unspecified atom stereocenters. The zero-order valence-electron chi connectivity index (χ0n) is 13.6. The van der Waals surface area contributed by atoms with Crippen LogP contribution in [0.25, 0.3) is 0 Å². The normalized spacial score (nSPS) is 11.8. The van der Waals surface area contributed by atoms with Crippen molar-refractivity contribution < 1.29 is 37.8 Å². The molecule has 0 bridgehead atoms. The molecular weight excluding hydrogens is 367 g/mol. The Morgan fingerprint density at radius 2 is 1.88 bits per heavy atom. The van der Waals surface area contributed by atoms with E-state index in [2.05, 4.69) is 10.3 Å². The van der Waals surface area contributed by atoms with E-state index in [-0.39, 0.29) is 24.2 Å². The summed E-state index contributed by atoms with van der Waals surface area (Å²) in [5.74, 6) is -4.12. The van der Waals surface area contributed by atoms with E-state index in [1.54, 1.807) is 12.4 Å². The molecule has 1 aromatic heterocycles. The van der Waals surface area contributed by atoms with Gasteiger partial charge in [-0.1, -0.05) is 6.92 Å². The molecule has 25 heavy (non-hydrogen) atoms. The fraction of sp³-hybridized carbons (Fsp3) is 0.538. The first-order valence-electron chi connectivity index (χ1n) is 6.90. The number of amides is 1. The number of aliphatic carboxylic acids is 2. The van der Waals surface area contributed by atoms with Crippen LogP contribution < -0.4 is 5.32 Å². The number of nitrogens with one attached hydrogen (secondary N) is 1. The number of carbonyl (C=O) groups excluding carboxylic acids is 1. The van der Waals surface area contributed by atoms with Gasteiger partial charge in [0.15, 0.2) is 5.13 Å². The third-order valence-electron chi connectivity index (χ3n) is 2.87. The molecule has 1 atom stereocenters. The van der Waals surface area contributed by atoms with Gasteiger partial charge < -0.3 is 20.4 Å². The summed E-state index contributed by atoms with van der Waals surface area (Å²) in [7, 11) is 1.72. The van der Waals surface area contributed by atoms with E-state index in [0.29, 0.717) is 11.6 Å². The summed E-state index contributed by atoms with van der Waals surface area (Å²) in [6.07, 6.45) is -4.39. The lowest BCUT2D eigenvalue weighted by Crippen LogP contribution is -2.42. The Morgan fingerprint density at radius 1 is 1.36 bits per heavy atom. The number of alkyl halides is 3. The maximum absolute atomic E-state index is 12.2. The van der Waals surface area contributed by atoms with Crippen LogP contribution in [-0.2, 0) is 9.59 Å². The van der Waals surface area contributed by atoms with Crippen LogP contribution in [0.5, 0.6) is 0 Å². The molecule has 1 heterocycles. The molecule has 0 saturated heterocycles. The third kappa shape index (κ3) is 7.83. The molecule has 3 N–H and O–H groups in total. The molecule has 0 aliphatic rings. The number of carboxylic acid groups (broad SMARTS) is 2. The predicted molar refractivity (Wildman–Crippen MR) is 83.8 cm³/mol. The minimum atomic E-state index is -5.08. The summed E-state index contributed by atoms with van der Waals surface area (Å²) >= 11 is 1.32. The molecule has 0 saturated carbocycles. The van der Waals surface area contributed by atoms with E-state index in [1.807, 2.05) is 13.8 Å². The lowest BCUT2D eigenvalue weighted by atomic mass is 10.2. The minimum absolute atomic E-state index is 0.131. The van der Waals surface area contributed by atoms with Crippen LogP contribution in [0, 0.1) is 0 Å². The third-order valence-corrected chi connectivity index (χ3v) is 3.73. The number of carboxylic acids is 2. The second-order valence-corrected chi connectivity index (χ2v) is 5.53. The highest BCUT2D eigenvalue weighted by Crippen LogP contribution is 2.17. The van der Waals surface area contributed by atoms with Crippen LogP contribution in [-0.4, -0.2) is 63.8 Å².